The van der Waals surface area contributed by atoms with E-state index >= 15 is 0 Å². The lowest BCUT2D eigenvalue weighted by molar-refractivity contribution is -0.150. The highest BCUT2D eigenvalue weighted by Crippen LogP contribution is 2.21. The second-order valence-corrected chi connectivity index (χ2v) is 9.33. The van der Waals surface area contributed by atoms with Gasteiger partial charge < -0.3 is 10.1 Å². The first kappa shape index (κ1) is 22.4. The highest BCUT2D eigenvalue weighted by molar-refractivity contribution is 7.89. The van der Waals surface area contributed by atoms with Crippen LogP contribution in [0.4, 0.5) is 0 Å². The van der Waals surface area contributed by atoms with E-state index in [0.717, 1.165) is 5.56 Å². The van der Waals surface area contributed by atoms with Crippen LogP contribution in [0.5, 0.6) is 0 Å². The lowest BCUT2D eigenvalue weighted by Gasteiger charge is -2.29. The van der Waals surface area contributed by atoms with Crippen LogP contribution in [0.25, 0.3) is 0 Å². The van der Waals surface area contributed by atoms with E-state index in [1.54, 1.807) is 6.92 Å². The van der Waals surface area contributed by atoms with E-state index in [-0.39, 0.29) is 36.7 Å². The standard InChI is InChI=1S/C20H30N2O5S/c1-3-28(25,26)22-13-10-18(11-14-22)20(24)27-15-12-21-19(23)9-8-17-6-4-16(2)5-7-17/h4-7,18H,3,8-15H2,1-2H3,(H,21,23). The molecule has 1 fully saturated rings. The maximum absolute atomic E-state index is 12.1. The summed E-state index contributed by atoms with van der Waals surface area (Å²) in [5, 5.41) is 2.75. The second-order valence-electron chi connectivity index (χ2n) is 7.08. The molecule has 2 rings (SSSR count). The minimum Gasteiger partial charge on any atom is -0.464 e. The van der Waals surface area contributed by atoms with E-state index in [1.165, 1.54) is 9.87 Å². The summed E-state index contributed by atoms with van der Waals surface area (Å²) in [5.74, 6) is -0.594. The van der Waals surface area contributed by atoms with Gasteiger partial charge >= 0.3 is 5.97 Å². The Morgan fingerprint density at radius 1 is 1.18 bits per heavy atom. The van der Waals surface area contributed by atoms with Gasteiger partial charge in [0.15, 0.2) is 0 Å². The summed E-state index contributed by atoms with van der Waals surface area (Å²) in [6, 6.07) is 8.08. The number of sulfonamides is 1. The van der Waals surface area contributed by atoms with Crippen LogP contribution in [0, 0.1) is 12.8 Å². The first-order valence-electron chi connectivity index (χ1n) is 9.78. The summed E-state index contributed by atoms with van der Waals surface area (Å²) >= 11 is 0. The number of esters is 1. The van der Waals surface area contributed by atoms with Crippen LogP contribution in [0.2, 0.25) is 0 Å². The normalized spacial score (nSPS) is 15.9. The van der Waals surface area contributed by atoms with Crippen molar-refractivity contribution in [1.82, 2.24) is 9.62 Å². The summed E-state index contributed by atoms with van der Waals surface area (Å²) in [5.41, 5.74) is 2.30. The van der Waals surface area contributed by atoms with Gasteiger partial charge in [-0.2, -0.15) is 0 Å². The van der Waals surface area contributed by atoms with Crippen molar-refractivity contribution < 1.29 is 22.7 Å². The molecule has 28 heavy (non-hydrogen) atoms. The Morgan fingerprint density at radius 2 is 1.82 bits per heavy atom. The van der Waals surface area contributed by atoms with Crippen molar-refractivity contribution >= 4 is 21.9 Å². The first-order valence-corrected chi connectivity index (χ1v) is 11.4. The van der Waals surface area contributed by atoms with E-state index in [1.807, 2.05) is 31.2 Å². The Morgan fingerprint density at radius 3 is 2.43 bits per heavy atom. The Hall–Kier alpha value is -1.93. The van der Waals surface area contributed by atoms with Crippen LogP contribution in [0.1, 0.15) is 37.3 Å². The highest BCUT2D eigenvalue weighted by Gasteiger charge is 2.30. The number of amides is 1. The summed E-state index contributed by atoms with van der Waals surface area (Å²) in [6.07, 6.45) is 2.01. The number of ether oxygens (including phenoxy) is 1. The molecule has 1 saturated heterocycles. The number of aryl methyl sites for hydroxylation is 2. The Labute approximate surface area is 167 Å². The van der Waals surface area contributed by atoms with Gasteiger partial charge in [-0.25, -0.2) is 12.7 Å². The van der Waals surface area contributed by atoms with Crippen LogP contribution in [-0.4, -0.2) is 56.6 Å². The molecule has 0 aromatic heterocycles. The fourth-order valence-electron chi connectivity index (χ4n) is 3.11. The lowest BCUT2D eigenvalue weighted by atomic mass is 9.98. The van der Waals surface area contributed by atoms with E-state index in [0.29, 0.717) is 38.8 Å². The number of hydrogen-bond acceptors (Lipinski definition) is 5. The zero-order chi connectivity index (χ0) is 20.6. The number of benzene rings is 1. The van der Waals surface area contributed by atoms with Gasteiger partial charge in [0.25, 0.3) is 0 Å². The molecule has 8 heteroatoms. The number of nitrogens with one attached hydrogen (secondary N) is 1. The second kappa shape index (κ2) is 10.6. The molecule has 156 valence electrons. The summed E-state index contributed by atoms with van der Waals surface area (Å²) < 4.78 is 30.3. The van der Waals surface area contributed by atoms with E-state index in [4.69, 9.17) is 4.74 Å². The number of hydrogen-bond donors (Lipinski definition) is 1. The molecule has 0 atom stereocenters. The van der Waals surface area contributed by atoms with E-state index in [2.05, 4.69) is 5.32 Å². The quantitative estimate of drug-likeness (QED) is 0.494. The average Bonchev–Trinajstić information content (AvgIpc) is 2.70. The van der Waals surface area contributed by atoms with Crippen molar-refractivity contribution in [2.45, 2.75) is 39.5 Å². The van der Waals surface area contributed by atoms with Gasteiger partial charge in [0, 0.05) is 19.5 Å². The molecule has 1 aliphatic heterocycles. The topological polar surface area (TPSA) is 92.8 Å². The molecule has 0 saturated carbocycles. The van der Waals surface area contributed by atoms with Gasteiger partial charge in [0.05, 0.1) is 18.2 Å². The smallest absolute Gasteiger partial charge is 0.309 e. The molecule has 0 radical (unpaired) electrons. The Balaban J connectivity index is 1.59. The average molecular weight is 411 g/mol. The summed E-state index contributed by atoms with van der Waals surface area (Å²) in [6.45, 7) is 4.75. The minimum atomic E-state index is -3.19. The zero-order valence-electron chi connectivity index (χ0n) is 16.6. The molecular weight excluding hydrogens is 380 g/mol. The summed E-state index contributed by atoms with van der Waals surface area (Å²) in [7, 11) is -3.19. The molecule has 0 aliphatic carbocycles. The van der Waals surface area contributed by atoms with Crippen LogP contribution in [0.15, 0.2) is 24.3 Å². The van der Waals surface area contributed by atoms with Crippen molar-refractivity contribution in [3.63, 3.8) is 0 Å². The van der Waals surface area contributed by atoms with Crippen molar-refractivity contribution in [2.24, 2.45) is 5.92 Å². The minimum absolute atomic E-state index is 0.0743. The van der Waals surface area contributed by atoms with Gasteiger partial charge in [-0.15, -0.1) is 0 Å². The predicted octanol–water partition coefficient (Wildman–Crippen LogP) is 1.65. The van der Waals surface area contributed by atoms with Crippen molar-refractivity contribution in [3.05, 3.63) is 35.4 Å². The van der Waals surface area contributed by atoms with Crippen LogP contribution in [-0.2, 0) is 30.8 Å². The van der Waals surface area contributed by atoms with Gasteiger partial charge in [-0.1, -0.05) is 29.8 Å². The SMILES string of the molecule is CCS(=O)(=O)N1CCC(C(=O)OCCNC(=O)CCc2ccc(C)cc2)CC1. The molecule has 7 nitrogen and oxygen atoms in total. The molecular formula is C20H30N2O5S. The van der Waals surface area contributed by atoms with Crippen molar-refractivity contribution in [2.75, 3.05) is 32.0 Å². The lowest BCUT2D eigenvalue weighted by Crippen LogP contribution is -2.41. The van der Waals surface area contributed by atoms with Crippen LogP contribution in [0.3, 0.4) is 0 Å². The van der Waals surface area contributed by atoms with Gasteiger partial charge in [-0.05, 0) is 38.7 Å². The fourth-order valence-corrected chi connectivity index (χ4v) is 4.25. The van der Waals surface area contributed by atoms with Gasteiger partial charge in [0.1, 0.15) is 6.61 Å². The number of carbonyl (C=O) groups excluding carboxylic acids is 2. The maximum Gasteiger partial charge on any atom is 0.309 e. The molecule has 0 unspecified atom stereocenters. The number of piperidine rings is 1. The highest BCUT2D eigenvalue weighted by atomic mass is 32.2. The van der Waals surface area contributed by atoms with E-state index < -0.39 is 10.0 Å². The third-order valence-corrected chi connectivity index (χ3v) is 6.86. The Bertz CT molecular complexity index is 753. The third kappa shape index (κ3) is 6.91. The molecule has 1 heterocycles. The largest absolute Gasteiger partial charge is 0.464 e. The predicted molar refractivity (Wildman–Crippen MR) is 107 cm³/mol. The van der Waals surface area contributed by atoms with Crippen molar-refractivity contribution in [1.29, 1.82) is 0 Å². The first-order chi connectivity index (χ1) is 13.3. The third-order valence-electron chi connectivity index (χ3n) is 4.98. The molecule has 1 aliphatic rings. The van der Waals surface area contributed by atoms with E-state index in [9.17, 15) is 18.0 Å². The van der Waals surface area contributed by atoms with Gasteiger partial charge in [0.2, 0.25) is 15.9 Å². The number of rotatable bonds is 9. The molecule has 0 bridgehead atoms. The summed E-state index contributed by atoms with van der Waals surface area (Å²) in [4.78, 5) is 24.0. The van der Waals surface area contributed by atoms with Gasteiger partial charge in [-0.3, -0.25) is 9.59 Å². The molecule has 1 aromatic carbocycles. The van der Waals surface area contributed by atoms with Crippen LogP contribution >= 0.6 is 0 Å². The molecule has 0 spiro atoms. The monoisotopic (exact) mass is 410 g/mol. The Kier molecular flexibility index (Phi) is 8.44. The van der Waals surface area contributed by atoms with Crippen LogP contribution < -0.4 is 5.32 Å². The molecule has 1 aromatic rings. The zero-order valence-corrected chi connectivity index (χ0v) is 17.5. The number of nitrogens with zero attached hydrogens (tertiary/aromatic N) is 1. The van der Waals surface area contributed by atoms with Crippen molar-refractivity contribution in [3.8, 4) is 0 Å². The number of carbonyl (C=O) groups is 2. The molecule has 1 N–H and O–H groups in total. The fraction of sp³-hybridized carbons (Fsp3) is 0.600. The maximum atomic E-state index is 12.1. The molecule has 1 amide bonds.